The van der Waals surface area contributed by atoms with E-state index in [1.54, 1.807) is 18.4 Å². The van der Waals surface area contributed by atoms with Crippen molar-refractivity contribution < 1.29 is 17.9 Å². The maximum absolute atomic E-state index is 12.7. The molecule has 2 aromatic carbocycles. The molecule has 9 heteroatoms. The third kappa shape index (κ3) is 5.29. The molecule has 2 aromatic heterocycles. The molecule has 5 nitrogen and oxygen atoms in total. The molecule has 0 amide bonds. The number of hydrogen-bond acceptors (Lipinski definition) is 6. The van der Waals surface area contributed by atoms with Gasteiger partial charge in [-0.25, -0.2) is 0 Å². The predicted molar refractivity (Wildman–Crippen MR) is 118 cm³/mol. The first-order valence-corrected chi connectivity index (χ1v) is 11.3. The molecule has 0 N–H and O–H groups in total. The fraction of sp³-hybridized carbons (Fsp3) is 0.182. The number of rotatable bonds is 9. The lowest BCUT2D eigenvalue weighted by Gasteiger charge is -2.11. The van der Waals surface area contributed by atoms with Crippen molar-refractivity contribution in [2.75, 3.05) is 7.11 Å². The highest BCUT2D eigenvalue weighted by molar-refractivity contribution is 7.99. The van der Waals surface area contributed by atoms with Crippen molar-refractivity contribution in [1.29, 1.82) is 0 Å². The molecule has 160 valence electrons. The number of thioether (sulfide) groups is 2. The summed E-state index contributed by atoms with van der Waals surface area (Å²) < 4.78 is 38.3. The standard InChI is InChI=1S/C22H19F2N3O2S2/c1-28-18-12-16(9-10-19(18)31-21(23)24)14-30-22-26-25-20(17-8-5-11-29-17)27(22)13-15-6-3-2-4-7-15/h2-12,21H,13-14H2,1H3. The Bertz CT molecular complexity index is 1120. The summed E-state index contributed by atoms with van der Waals surface area (Å²) in [6.45, 7) is 0.597. The first-order valence-electron chi connectivity index (χ1n) is 9.39. The van der Waals surface area contributed by atoms with Gasteiger partial charge in [-0.05, 0) is 35.4 Å². The molecule has 0 fully saturated rings. The van der Waals surface area contributed by atoms with Gasteiger partial charge in [0.05, 0.1) is 24.8 Å². The Kier molecular flexibility index (Phi) is 6.93. The molecule has 0 spiro atoms. The van der Waals surface area contributed by atoms with Gasteiger partial charge < -0.3 is 9.15 Å². The van der Waals surface area contributed by atoms with Crippen LogP contribution in [0.3, 0.4) is 0 Å². The van der Waals surface area contributed by atoms with Gasteiger partial charge in [-0.2, -0.15) is 8.78 Å². The van der Waals surface area contributed by atoms with E-state index in [1.807, 2.05) is 53.1 Å². The van der Waals surface area contributed by atoms with E-state index < -0.39 is 5.76 Å². The zero-order valence-corrected chi connectivity index (χ0v) is 18.2. The first-order chi connectivity index (χ1) is 15.1. The lowest BCUT2D eigenvalue weighted by atomic mass is 10.2. The van der Waals surface area contributed by atoms with Crippen LogP contribution in [0.2, 0.25) is 0 Å². The third-order valence-electron chi connectivity index (χ3n) is 4.45. The van der Waals surface area contributed by atoms with Crippen LogP contribution in [0.25, 0.3) is 11.6 Å². The van der Waals surface area contributed by atoms with E-state index in [0.29, 0.717) is 46.3 Å². The van der Waals surface area contributed by atoms with Crippen LogP contribution in [0, 0.1) is 0 Å². The highest BCUT2D eigenvalue weighted by Gasteiger charge is 2.17. The van der Waals surface area contributed by atoms with E-state index in [1.165, 1.54) is 18.9 Å². The van der Waals surface area contributed by atoms with Crippen molar-refractivity contribution in [2.24, 2.45) is 0 Å². The Balaban J connectivity index is 1.57. The molecule has 0 saturated heterocycles. The van der Waals surface area contributed by atoms with Crippen LogP contribution in [-0.4, -0.2) is 27.6 Å². The Hall–Kier alpha value is -2.78. The summed E-state index contributed by atoms with van der Waals surface area (Å²) in [5, 5.41) is 9.44. The Morgan fingerprint density at radius 1 is 1.03 bits per heavy atom. The number of alkyl halides is 2. The van der Waals surface area contributed by atoms with Gasteiger partial charge in [-0.3, -0.25) is 4.57 Å². The second-order valence-electron chi connectivity index (χ2n) is 6.51. The smallest absolute Gasteiger partial charge is 0.289 e. The minimum Gasteiger partial charge on any atom is -0.496 e. The lowest BCUT2D eigenvalue weighted by molar-refractivity contribution is 0.251. The average molecular weight is 460 g/mol. The maximum Gasteiger partial charge on any atom is 0.289 e. The van der Waals surface area contributed by atoms with Crippen molar-refractivity contribution in [3.05, 3.63) is 78.1 Å². The zero-order valence-electron chi connectivity index (χ0n) is 16.6. The lowest BCUT2D eigenvalue weighted by Crippen LogP contribution is -2.04. The van der Waals surface area contributed by atoms with E-state index in [0.717, 1.165) is 16.3 Å². The molecule has 0 unspecified atom stereocenters. The average Bonchev–Trinajstić information content (AvgIpc) is 3.43. The quantitative estimate of drug-likeness (QED) is 0.278. The molecule has 31 heavy (non-hydrogen) atoms. The molecule has 0 aliphatic heterocycles. The molecule has 0 radical (unpaired) electrons. The van der Waals surface area contributed by atoms with Crippen LogP contribution in [0.5, 0.6) is 5.75 Å². The van der Waals surface area contributed by atoms with E-state index in [2.05, 4.69) is 10.2 Å². The number of methoxy groups -OCH3 is 1. The summed E-state index contributed by atoms with van der Waals surface area (Å²) in [5.74, 6) is -0.180. The topological polar surface area (TPSA) is 53.1 Å². The molecule has 0 aliphatic carbocycles. The molecule has 0 bridgehead atoms. The number of hydrogen-bond donors (Lipinski definition) is 0. The van der Waals surface area contributed by atoms with Crippen LogP contribution < -0.4 is 4.74 Å². The molecule has 0 aliphatic rings. The molecular weight excluding hydrogens is 440 g/mol. The van der Waals surface area contributed by atoms with E-state index in [-0.39, 0.29) is 0 Å². The van der Waals surface area contributed by atoms with Crippen molar-refractivity contribution in [2.45, 2.75) is 28.1 Å². The van der Waals surface area contributed by atoms with Crippen LogP contribution in [0.15, 0.2) is 81.4 Å². The van der Waals surface area contributed by atoms with Crippen molar-refractivity contribution >= 4 is 23.5 Å². The van der Waals surface area contributed by atoms with Crippen molar-refractivity contribution in [1.82, 2.24) is 14.8 Å². The number of nitrogens with zero attached hydrogens (tertiary/aromatic N) is 3. The Morgan fingerprint density at radius 3 is 2.58 bits per heavy atom. The van der Waals surface area contributed by atoms with Crippen LogP contribution in [-0.2, 0) is 12.3 Å². The summed E-state index contributed by atoms with van der Waals surface area (Å²) >= 11 is 1.99. The molecule has 0 saturated carbocycles. The monoisotopic (exact) mass is 459 g/mol. The van der Waals surface area contributed by atoms with Gasteiger partial charge in [-0.15, -0.1) is 10.2 Å². The largest absolute Gasteiger partial charge is 0.496 e. The third-order valence-corrected chi connectivity index (χ3v) is 6.26. The van der Waals surface area contributed by atoms with Crippen molar-refractivity contribution in [3.63, 3.8) is 0 Å². The fourth-order valence-corrected chi connectivity index (χ4v) is 4.51. The van der Waals surface area contributed by atoms with E-state index in [4.69, 9.17) is 9.15 Å². The number of benzene rings is 2. The second kappa shape index (κ2) is 10.0. The van der Waals surface area contributed by atoms with Crippen LogP contribution in [0.1, 0.15) is 11.1 Å². The highest BCUT2D eigenvalue weighted by Crippen LogP contribution is 2.35. The Morgan fingerprint density at radius 2 is 1.87 bits per heavy atom. The van der Waals surface area contributed by atoms with Gasteiger partial charge in [0, 0.05) is 5.75 Å². The molecule has 4 aromatic rings. The second-order valence-corrected chi connectivity index (χ2v) is 8.48. The summed E-state index contributed by atoms with van der Waals surface area (Å²) in [6.07, 6.45) is 1.61. The number of ether oxygens (including phenoxy) is 1. The zero-order chi connectivity index (χ0) is 21.6. The predicted octanol–water partition coefficient (Wildman–Crippen LogP) is 6.20. The SMILES string of the molecule is COc1cc(CSc2nnc(-c3ccco3)n2Cc2ccccc2)ccc1SC(F)F. The number of furan rings is 1. The normalized spacial score (nSPS) is 11.2. The Labute approximate surface area is 186 Å². The number of halogens is 2. The summed E-state index contributed by atoms with van der Waals surface area (Å²) in [4.78, 5) is 0.415. The van der Waals surface area contributed by atoms with Gasteiger partial charge in [0.1, 0.15) is 5.75 Å². The minimum absolute atomic E-state index is 0.415. The van der Waals surface area contributed by atoms with Crippen molar-refractivity contribution in [3.8, 4) is 17.3 Å². The van der Waals surface area contributed by atoms with Gasteiger partial charge in [-0.1, -0.05) is 59.9 Å². The maximum atomic E-state index is 12.7. The minimum atomic E-state index is -2.49. The van der Waals surface area contributed by atoms with Crippen LogP contribution in [0.4, 0.5) is 8.78 Å². The van der Waals surface area contributed by atoms with Gasteiger partial charge >= 0.3 is 0 Å². The molecular formula is C22H19F2N3O2S2. The van der Waals surface area contributed by atoms with Gasteiger partial charge in [0.25, 0.3) is 5.76 Å². The highest BCUT2D eigenvalue weighted by atomic mass is 32.2. The summed E-state index contributed by atoms with van der Waals surface area (Å²) in [5.41, 5.74) is 2.06. The molecule has 0 atom stereocenters. The van der Waals surface area contributed by atoms with Crippen LogP contribution >= 0.6 is 23.5 Å². The summed E-state index contributed by atoms with van der Waals surface area (Å²) in [7, 11) is 1.48. The van der Waals surface area contributed by atoms with Gasteiger partial charge in [0.15, 0.2) is 10.9 Å². The summed E-state index contributed by atoms with van der Waals surface area (Å²) in [6, 6.07) is 19.0. The molecule has 2 heterocycles. The van der Waals surface area contributed by atoms with E-state index >= 15 is 0 Å². The van der Waals surface area contributed by atoms with E-state index in [9.17, 15) is 8.78 Å². The van der Waals surface area contributed by atoms with Gasteiger partial charge in [0.2, 0.25) is 5.82 Å². The molecule has 4 rings (SSSR count). The fourth-order valence-electron chi connectivity index (χ4n) is 3.04. The first kappa shape index (κ1) is 21.5. The number of aromatic nitrogens is 3.